The molecule has 16 heavy (non-hydrogen) atoms. The van der Waals surface area contributed by atoms with Crippen molar-refractivity contribution in [2.45, 2.75) is 32.9 Å². The Kier molecular flexibility index (Phi) is 3.74. The zero-order valence-electron chi connectivity index (χ0n) is 9.66. The van der Waals surface area contributed by atoms with Crippen molar-refractivity contribution < 1.29 is 0 Å². The zero-order valence-corrected chi connectivity index (χ0v) is 10.5. The SMILES string of the molecule is CCC(NCc1cc[nH]c1)c1nc(C)cs1. The summed E-state index contributed by atoms with van der Waals surface area (Å²) < 4.78 is 0. The standard InChI is InChI=1S/C12H17N3S/c1-3-11(12-15-9(2)8-16-12)14-7-10-4-5-13-6-10/h4-6,8,11,13-14H,3,7H2,1-2H3. The average Bonchev–Trinajstić information content (AvgIpc) is 2.91. The lowest BCUT2D eigenvalue weighted by Gasteiger charge is -2.13. The highest BCUT2D eigenvalue weighted by Crippen LogP contribution is 2.21. The molecule has 3 nitrogen and oxygen atoms in total. The Labute approximate surface area is 99.9 Å². The summed E-state index contributed by atoms with van der Waals surface area (Å²) in [5.41, 5.74) is 2.40. The topological polar surface area (TPSA) is 40.7 Å². The highest BCUT2D eigenvalue weighted by atomic mass is 32.1. The monoisotopic (exact) mass is 235 g/mol. The van der Waals surface area contributed by atoms with Crippen LogP contribution in [0.2, 0.25) is 0 Å². The minimum absolute atomic E-state index is 0.369. The molecule has 2 heterocycles. The highest BCUT2D eigenvalue weighted by molar-refractivity contribution is 7.09. The average molecular weight is 235 g/mol. The van der Waals surface area contributed by atoms with E-state index < -0.39 is 0 Å². The third-order valence-electron chi connectivity index (χ3n) is 2.56. The summed E-state index contributed by atoms with van der Waals surface area (Å²) in [6.07, 6.45) is 5.04. The second kappa shape index (κ2) is 5.27. The van der Waals surface area contributed by atoms with Gasteiger partial charge in [-0.05, 0) is 25.0 Å². The van der Waals surface area contributed by atoms with Crippen molar-refractivity contribution in [1.29, 1.82) is 0 Å². The Morgan fingerprint density at radius 2 is 2.44 bits per heavy atom. The molecule has 2 rings (SSSR count). The molecule has 0 bridgehead atoms. The van der Waals surface area contributed by atoms with Crippen molar-refractivity contribution in [2.75, 3.05) is 0 Å². The Bertz CT molecular complexity index is 419. The lowest BCUT2D eigenvalue weighted by molar-refractivity contribution is 0.516. The number of hydrogen-bond acceptors (Lipinski definition) is 3. The van der Waals surface area contributed by atoms with Gasteiger partial charge in [0.05, 0.1) is 6.04 Å². The van der Waals surface area contributed by atoms with Crippen LogP contribution in [0.3, 0.4) is 0 Å². The van der Waals surface area contributed by atoms with Gasteiger partial charge in [0.15, 0.2) is 0 Å². The molecular formula is C12H17N3S. The number of aromatic nitrogens is 2. The number of aromatic amines is 1. The third kappa shape index (κ3) is 2.71. The van der Waals surface area contributed by atoms with Gasteiger partial charge in [-0.25, -0.2) is 4.98 Å². The van der Waals surface area contributed by atoms with Gasteiger partial charge in [-0.2, -0.15) is 0 Å². The van der Waals surface area contributed by atoms with Crippen molar-refractivity contribution in [3.63, 3.8) is 0 Å². The second-order valence-corrected chi connectivity index (χ2v) is 4.78. The van der Waals surface area contributed by atoms with E-state index in [0.29, 0.717) is 6.04 Å². The Morgan fingerprint density at radius 1 is 1.56 bits per heavy atom. The quantitative estimate of drug-likeness (QED) is 0.836. The van der Waals surface area contributed by atoms with Crippen LogP contribution < -0.4 is 5.32 Å². The largest absolute Gasteiger partial charge is 0.367 e. The molecular weight excluding hydrogens is 218 g/mol. The fraction of sp³-hybridized carbons (Fsp3) is 0.417. The Hall–Kier alpha value is -1.13. The summed E-state index contributed by atoms with van der Waals surface area (Å²) >= 11 is 1.74. The van der Waals surface area contributed by atoms with Crippen LogP contribution in [0.4, 0.5) is 0 Å². The van der Waals surface area contributed by atoms with Crippen LogP contribution in [0, 0.1) is 6.92 Å². The van der Waals surface area contributed by atoms with Crippen LogP contribution in [0.1, 0.15) is 35.7 Å². The van der Waals surface area contributed by atoms with Crippen molar-refractivity contribution >= 4 is 11.3 Å². The zero-order chi connectivity index (χ0) is 11.4. The van der Waals surface area contributed by atoms with E-state index in [1.54, 1.807) is 11.3 Å². The van der Waals surface area contributed by atoms with Gasteiger partial charge < -0.3 is 10.3 Å². The Balaban J connectivity index is 1.96. The normalized spacial score (nSPS) is 12.9. The van der Waals surface area contributed by atoms with Crippen molar-refractivity contribution in [1.82, 2.24) is 15.3 Å². The number of hydrogen-bond donors (Lipinski definition) is 2. The summed E-state index contributed by atoms with van der Waals surface area (Å²) in [6, 6.07) is 2.46. The molecule has 0 saturated heterocycles. The summed E-state index contributed by atoms with van der Waals surface area (Å²) in [5, 5.41) is 6.83. The fourth-order valence-electron chi connectivity index (χ4n) is 1.65. The first-order valence-electron chi connectivity index (χ1n) is 5.56. The van der Waals surface area contributed by atoms with Gasteiger partial charge in [-0.15, -0.1) is 11.3 Å². The maximum atomic E-state index is 4.53. The van der Waals surface area contributed by atoms with Crippen LogP contribution in [0.5, 0.6) is 0 Å². The molecule has 0 aliphatic carbocycles. The lowest BCUT2D eigenvalue weighted by atomic mass is 10.2. The predicted molar refractivity (Wildman–Crippen MR) is 67.5 cm³/mol. The molecule has 0 amide bonds. The predicted octanol–water partition coefficient (Wildman–Crippen LogP) is 3.02. The smallest absolute Gasteiger partial charge is 0.110 e. The molecule has 2 aromatic heterocycles. The lowest BCUT2D eigenvalue weighted by Crippen LogP contribution is -2.19. The number of aryl methyl sites for hydroxylation is 1. The Morgan fingerprint density at radius 3 is 3.00 bits per heavy atom. The van der Waals surface area contributed by atoms with Gasteiger partial charge in [0.1, 0.15) is 5.01 Å². The van der Waals surface area contributed by atoms with Crippen LogP contribution in [0.25, 0.3) is 0 Å². The van der Waals surface area contributed by atoms with Gasteiger partial charge >= 0.3 is 0 Å². The molecule has 86 valence electrons. The minimum Gasteiger partial charge on any atom is -0.367 e. The van der Waals surface area contributed by atoms with E-state index in [1.165, 1.54) is 10.6 Å². The van der Waals surface area contributed by atoms with Crippen molar-refractivity contribution in [2.24, 2.45) is 0 Å². The van der Waals surface area contributed by atoms with E-state index in [0.717, 1.165) is 18.7 Å². The molecule has 0 saturated carbocycles. The molecule has 1 atom stereocenters. The highest BCUT2D eigenvalue weighted by Gasteiger charge is 2.12. The van der Waals surface area contributed by atoms with E-state index in [9.17, 15) is 0 Å². The second-order valence-electron chi connectivity index (χ2n) is 3.89. The summed E-state index contributed by atoms with van der Waals surface area (Å²) in [5.74, 6) is 0. The van der Waals surface area contributed by atoms with E-state index in [1.807, 2.05) is 19.3 Å². The van der Waals surface area contributed by atoms with E-state index in [-0.39, 0.29) is 0 Å². The molecule has 0 spiro atoms. The number of nitrogens with zero attached hydrogens (tertiary/aromatic N) is 1. The molecule has 0 radical (unpaired) electrons. The first kappa shape index (κ1) is 11.4. The van der Waals surface area contributed by atoms with Crippen LogP contribution in [-0.2, 0) is 6.54 Å². The maximum Gasteiger partial charge on any atom is 0.110 e. The van der Waals surface area contributed by atoms with Gasteiger partial charge in [0, 0.05) is 30.0 Å². The van der Waals surface area contributed by atoms with E-state index in [2.05, 4.69) is 33.7 Å². The summed E-state index contributed by atoms with van der Waals surface area (Å²) in [4.78, 5) is 7.59. The van der Waals surface area contributed by atoms with Gasteiger partial charge in [0.2, 0.25) is 0 Å². The molecule has 2 N–H and O–H groups in total. The summed E-state index contributed by atoms with van der Waals surface area (Å²) in [7, 11) is 0. The number of H-pyrrole nitrogens is 1. The third-order valence-corrected chi connectivity index (χ3v) is 3.63. The minimum atomic E-state index is 0.369. The number of nitrogens with one attached hydrogen (secondary N) is 2. The molecule has 0 aliphatic heterocycles. The molecule has 4 heteroatoms. The summed E-state index contributed by atoms with van der Waals surface area (Å²) in [6.45, 7) is 5.12. The molecule has 0 aromatic carbocycles. The fourth-order valence-corrected chi connectivity index (χ4v) is 2.60. The van der Waals surface area contributed by atoms with Gasteiger partial charge in [-0.3, -0.25) is 0 Å². The van der Waals surface area contributed by atoms with Gasteiger partial charge in [0.25, 0.3) is 0 Å². The molecule has 2 aromatic rings. The molecule has 1 unspecified atom stereocenters. The molecule has 0 aliphatic rings. The molecule has 0 fully saturated rings. The van der Waals surface area contributed by atoms with Crippen LogP contribution >= 0.6 is 11.3 Å². The van der Waals surface area contributed by atoms with Crippen LogP contribution in [0.15, 0.2) is 23.8 Å². The maximum absolute atomic E-state index is 4.53. The van der Waals surface area contributed by atoms with E-state index in [4.69, 9.17) is 0 Å². The first-order chi connectivity index (χ1) is 7.79. The number of thiazole rings is 1. The van der Waals surface area contributed by atoms with Crippen LogP contribution in [-0.4, -0.2) is 9.97 Å². The number of rotatable bonds is 5. The first-order valence-corrected chi connectivity index (χ1v) is 6.44. The van der Waals surface area contributed by atoms with Crippen molar-refractivity contribution in [3.8, 4) is 0 Å². The van der Waals surface area contributed by atoms with E-state index >= 15 is 0 Å². The van der Waals surface area contributed by atoms with Crippen molar-refractivity contribution in [3.05, 3.63) is 40.1 Å². The van der Waals surface area contributed by atoms with Gasteiger partial charge in [-0.1, -0.05) is 6.92 Å².